The highest BCUT2D eigenvalue weighted by atomic mass is 32.2. The predicted molar refractivity (Wildman–Crippen MR) is 133 cm³/mol. The number of para-hydroxylation sites is 1. The minimum absolute atomic E-state index is 0.0565. The van der Waals surface area contributed by atoms with Crippen LogP contribution in [0.2, 0.25) is 0 Å². The molecule has 2 aromatic heterocycles. The summed E-state index contributed by atoms with van der Waals surface area (Å²) in [5.74, 6) is 0.882. The van der Waals surface area contributed by atoms with Crippen molar-refractivity contribution >= 4 is 23.4 Å². The molecule has 0 saturated carbocycles. The first-order valence-electron chi connectivity index (χ1n) is 10.6. The lowest BCUT2D eigenvalue weighted by molar-refractivity contribution is -0.118. The summed E-state index contributed by atoms with van der Waals surface area (Å²) in [5.41, 5.74) is 5.12. The molecule has 0 unspecified atom stereocenters. The second-order valence-electron chi connectivity index (χ2n) is 7.80. The SMILES string of the molecule is Cc1ccccc1-n1c(SCC(=O)NCc2ccc(N(C)C)cc2)nnc1-c1cccnc1. The fourth-order valence-corrected chi connectivity index (χ4v) is 4.15. The average molecular weight is 459 g/mol. The molecule has 8 heteroatoms. The number of aromatic nitrogens is 4. The Balaban J connectivity index is 1.48. The van der Waals surface area contributed by atoms with E-state index >= 15 is 0 Å². The molecule has 0 aliphatic rings. The number of hydrogen-bond donors (Lipinski definition) is 1. The Morgan fingerprint density at radius 2 is 1.82 bits per heavy atom. The fraction of sp³-hybridized carbons (Fsp3) is 0.200. The summed E-state index contributed by atoms with van der Waals surface area (Å²) in [6.07, 6.45) is 3.49. The fourth-order valence-electron chi connectivity index (χ4n) is 3.37. The smallest absolute Gasteiger partial charge is 0.230 e. The summed E-state index contributed by atoms with van der Waals surface area (Å²) in [7, 11) is 4.01. The molecule has 0 bridgehead atoms. The molecule has 1 N–H and O–H groups in total. The number of nitrogens with zero attached hydrogens (tertiary/aromatic N) is 5. The van der Waals surface area contributed by atoms with Crippen LogP contribution in [0, 0.1) is 6.92 Å². The summed E-state index contributed by atoms with van der Waals surface area (Å²) < 4.78 is 1.99. The van der Waals surface area contributed by atoms with Crippen molar-refractivity contribution in [3.05, 3.63) is 84.2 Å². The molecule has 0 radical (unpaired) electrons. The van der Waals surface area contributed by atoms with Crippen LogP contribution in [0.15, 0.2) is 78.2 Å². The predicted octanol–water partition coefficient (Wildman–Crippen LogP) is 4.11. The first kappa shape index (κ1) is 22.5. The zero-order valence-corrected chi connectivity index (χ0v) is 19.7. The van der Waals surface area contributed by atoms with E-state index in [1.165, 1.54) is 11.8 Å². The second kappa shape index (κ2) is 10.3. The van der Waals surface area contributed by atoms with Gasteiger partial charge in [0.1, 0.15) is 0 Å². The van der Waals surface area contributed by atoms with Crippen molar-refractivity contribution in [1.29, 1.82) is 0 Å². The molecule has 0 spiro atoms. The molecule has 0 aliphatic heterocycles. The van der Waals surface area contributed by atoms with Gasteiger partial charge >= 0.3 is 0 Å². The van der Waals surface area contributed by atoms with Crippen LogP contribution in [0.3, 0.4) is 0 Å². The Bertz CT molecular complexity index is 1220. The minimum atomic E-state index is -0.0565. The van der Waals surface area contributed by atoms with Gasteiger partial charge in [0, 0.05) is 44.3 Å². The number of rotatable bonds is 8. The summed E-state index contributed by atoms with van der Waals surface area (Å²) in [6.45, 7) is 2.53. The molecule has 0 atom stereocenters. The van der Waals surface area contributed by atoms with E-state index in [1.807, 2.05) is 91.1 Å². The average Bonchev–Trinajstić information content (AvgIpc) is 3.26. The van der Waals surface area contributed by atoms with Crippen LogP contribution >= 0.6 is 11.8 Å². The zero-order chi connectivity index (χ0) is 23.2. The molecule has 4 aromatic rings. The van der Waals surface area contributed by atoms with Gasteiger partial charge in [0.2, 0.25) is 5.91 Å². The van der Waals surface area contributed by atoms with Gasteiger partial charge in [-0.1, -0.05) is 42.1 Å². The van der Waals surface area contributed by atoms with E-state index in [2.05, 4.69) is 20.5 Å². The van der Waals surface area contributed by atoms with E-state index in [0.29, 0.717) is 17.5 Å². The maximum Gasteiger partial charge on any atom is 0.230 e. The van der Waals surface area contributed by atoms with Gasteiger partial charge in [-0.15, -0.1) is 10.2 Å². The maximum absolute atomic E-state index is 12.5. The van der Waals surface area contributed by atoms with Crippen molar-refractivity contribution in [3.63, 3.8) is 0 Å². The Morgan fingerprint density at radius 1 is 1.03 bits per heavy atom. The van der Waals surface area contributed by atoms with Crippen LogP contribution in [0.25, 0.3) is 17.1 Å². The van der Waals surface area contributed by atoms with Gasteiger partial charge in [-0.3, -0.25) is 14.3 Å². The standard InChI is InChI=1S/C25H26N6OS/c1-18-7-4-5-9-22(18)31-24(20-8-6-14-26-16-20)28-29-25(31)33-17-23(32)27-15-19-10-12-21(13-11-19)30(2)3/h4-14,16H,15,17H2,1-3H3,(H,27,32). The van der Waals surface area contributed by atoms with Crippen LogP contribution in [0.5, 0.6) is 0 Å². The summed E-state index contributed by atoms with van der Waals surface area (Å²) in [4.78, 5) is 18.8. The highest BCUT2D eigenvalue weighted by Gasteiger charge is 2.18. The van der Waals surface area contributed by atoms with Crippen LogP contribution in [0.4, 0.5) is 5.69 Å². The van der Waals surface area contributed by atoms with Crippen molar-refractivity contribution in [1.82, 2.24) is 25.1 Å². The third kappa shape index (κ3) is 5.40. The maximum atomic E-state index is 12.5. The molecule has 168 valence electrons. The number of anilines is 1. The van der Waals surface area contributed by atoms with Crippen molar-refractivity contribution in [2.24, 2.45) is 0 Å². The van der Waals surface area contributed by atoms with Crippen LogP contribution in [0.1, 0.15) is 11.1 Å². The lowest BCUT2D eigenvalue weighted by Crippen LogP contribution is -2.24. The summed E-state index contributed by atoms with van der Waals surface area (Å²) in [5, 5.41) is 12.5. The van der Waals surface area contributed by atoms with E-state index in [4.69, 9.17) is 0 Å². The summed E-state index contributed by atoms with van der Waals surface area (Å²) in [6, 6.07) is 20.0. The Kier molecular flexibility index (Phi) is 7.04. The van der Waals surface area contributed by atoms with Gasteiger partial charge < -0.3 is 10.2 Å². The topological polar surface area (TPSA) is 75.9 Å². The van der Waals surface area contributed by atoms with Gasteiger partial charge in [0.25, 0.3) is 0 Å². The van der Waals surface area contributed by atoms with E-state index in [0.717, 1.165) is 28.1 Å². The Hall–Kier alpha value is -3.65. The number of nitrogens with one attached hydrogen (secondary N) is 1. The molecule has 0 aliphatic carbocycles. The number of carbonyl (C=O) groups is 1. The quantitative estimate of drug-likeness (QED) is 0.401. The van der Waals surface area contributed by atoms with Gasteiger partial charge in [0.15, 0.2) is 11.0 Å². The molecule has 4 rings (SSSR count). The van der Waals surface area contributed by atoms with Gasteiger partial charge in [-0.05, 0) is 48.4 Å². The van der Waals surface area contributed by atoms with Gasteiger partial charge in [0.05, 0.1) is 11.4 Å². The van der Waals surface area contributed by atoms with Crippen molar-refractivity contribution < 1.29 is 4.79 Å². The Labute approximate surface area is 197 Å². The molecular formula is C25H26N6OS. The van der Waals surface area contributed by atoms with Crippen molar-refractivity contribution in [3.8, 4) is 17.1 Å². The highest BCUT2D eigenvalue weighted by molar-refractivity contribution is 7.99. The van der Waals surface area contributed by atoms with Crippen molar-refractivity contribution in [2.75, 3.05) is 24.7 Å². The Morgan fingerprint density at radius 3 is 2.52 bits per heavy atom. The zero-order valence-electron chi connectivity index (χ0n) is 18.9. The molecule has 2 aromatic carbocycles. The van der Waals surface area contributed by atoms with E-state index in [9.17, 15) is 4.79 Å². The summed E-state index contributed by atoms with van der Waals surface area (Å²) >= 11 is 1.37. The first-order valence-corrected chi connectivity index (χ1v) is 11.6. The van der Waals surface area contributed by atoms with E-state index < -0.39 is 0 Å². The third-order valence-electron chi connectivity index (χ3n) is 5.18. The number of hydrogen-bond acceptors (Lipinski definition) is 6. The molecule has 2 heterocycles. The molecular weight excluding hydrogens is 432 g/mol. The lowest BCUT2D eigenvalue weighted by Gasteiger charge is -2.13. The largest absolute Gasteiger partial charge is 0.378 e. The van der Waals surface area contributed by atoms with E-state index in [-0.39, 0.29) is 11.7 Å². The number of thioether (sulfide) groups is 1. The van der Waals surface area contributed by atoms with Gasteiger partial charge in [-0.25, -0.2) is 0 Å². The molecule has 33 heavy (non-hydrogen) atoms. The number of pyridine rings is 1. The number of aryl methyl sites for hydroxylation is 1. The molecule has 1 amide bonds. The molecule has 0 fully saturated rings. The lowest BCUT2D eigenvalue weighted by atomic mass is 10.2. The van der Waals surface area contributed by atoms with Crippen LogP contribution in [-0.2, 0) is 11.3 Å². The highest BCUT2D eigenvalue weighted by Crippen LogP contribution is 2.29. The van der Waals surface area contributed by atoms with Crippen LogP contribution in [-0.4, -0.2) is 45.5 Å². The van der Waals surface area contributed by atoms with Gasteiger partial charge in [-0.2, -0.15) is 0 Å². The molecule has 7 nitrogen and oxygen atoms in total. The first-order chi connectivity index (χ1) is 16.0. The monoisotopic (exact) mass is 458 g/mol. The normalized spacial score (nSPS) is 10.8. The third-order valence-corrected chi connectivity index (χ3v) is 6.11. The van der Waals surface area contributed by atoms with Crippen LogP contribution < -0.4 is 10.2 Å². The minimum Gasteiger partial charge on any atom is -0.378 e. The second-order valence-corrected chi connectivity index (χ2v) is 8.74. The van der Waals surface area contributed by atoms with Crippen molar-refractivity contribution in [2.45, 2.75) is 18.6 Å². The molecule has 0 saturated heterocycles. The number of amides is 1. The number of benzene rings is 2. The number of carbonyl (C=O) groups excluding carboxylic acids is 1. The van der Waals surface area contributed by atoms with E-state index in [1.54, 1.807) is 12.4 Å².